The number of methoxy groups -OCH3 is 1. The zero-order chi connectivity index (χ0) is 16.3. The van der Waals surface area contributed by atoms with E-state index in [0.717, 1.165) is 31.7 Å². The van der Waals surface area contributed by atoms with Gasteiger partial charge in [-0.25, -0.2) is 0 Å². The van der Waals surface area contributed by atoms with Crippen LogP contribution in [0, 0.1) is 10.1 Å². The predicted octanol–water partition coefficient (Wildman–Crippen LogP) is 2.71. The van der Waals surface area contributed by atoms with Crippen LogP contribution >= 0.6 is 0 Å². The molecule has 1 saturated heterocycles. The van der Waals surface area contributed by atoms with Gasteiger partial charge in [-0.3, -0.25) is 15.0 Å². The number of nitrogens with one attached hydrogen (secondary N) is 1. The Morgan fingerprint density at radius 1 is 1.35 bits per heavy atom. The predicted molar refractivity (Wildman–Crippen MR) is 88.7 cm³/mol. The van der Waals surface area contributed by atoms with E-state index in [1.54, 1.807) is 12.1 Å². The van der Waals surface area contributed by atoms with Gasteiger partial charge in [0.15, 0.2) is 5.75 Å². The van der Waals surface area contributed by atoms with Crippen molar-refractivity contribution in [2.24, 2.45) is 0 Å². The zero-order valence-corrected chi connectivity index (χ0v) is 13.7. The molecule has 6 nitrogen and oxygen atoms in total. The van der Waals surface area contributed by atoms with Gasteiger partial charge in [-0.1, -0.05) is 25.3 Å². The average Bonchev–Trinajstić information content (AvgIpc) is 2.58. The number of benzene rings is 1. The van der Waals surface area contributed by atoms with E-state index in [0.29, 0.717) is 5.75 Å². The standard InChI is InChI=1S/C17H25N3O3/c1-23-16-6-5-14(11-15(16)20(21)22)12-19-10-9-18-13-17(19)7-3-2-4-8-17/h5-6,11,18H,2-4,7-10,12-13H2,1H3. The van der Waals surface area contributed by atoms with Crippen LogP contribution in [0.4, 0.5) is 5.69 Å². The summed E-state index contributed by atoms with van der Waals surface area (Å²) in [5, 5.41) is 14.8. The van der Waals surface area contributed by atoms with E-state index in [-0.39, 0.29) is 16.1 Å². The Morgan fingerprint density at radius 2 is 2.13 bits per heavy atom. The van der Waals surface area contributed by atoms with Gasteiger partial charge in [-0.05, 0) is 24.5 Å². The third kappa shape index (κ3) is 3.33. The molecule has 0 atom stereocenters. The number of nitrogens with zero attached hydrogens (tertiary/aromatic N) is 2. The van der Waals surface area contributed by atoms with E-state index in [1.165, 1.54) is 39.2 Å². The quantitative estimate of drug-likeness (QED) is 0.683. The highest BCUT2D eigenvalue weighted by Crippen LogP contribution is 2.36. The van der Waals surface area contributed by atoms with Crippen LogP contribution in [0.15, 0.2) is 18.2 Å². The molecule has 2 aliphatic rings. The van der Waals surface area contributed by atoms with Crippen LogP contribution in [0.1, 0.15) is 37.7 Å². The summed E-state index contributed by atoms with van der Waals surface area (Å²) in [6, 6.07) is 5.32. The molecule has 1 aromatic rings. The van der Waals surface area contributed by atoms with Gasteiger partial charge >= 0.3 is 5.69 Å². The van der Waals surface area contributed by atoms with Crippen molar-refractivity contribution < 1.29 is 9.66 Å². The number of hydrogen-bond donors (Lipinski definition) is 1. The first kappa shape index (κ1) is 16.2. The van der Waals surface area contributed by atoms with Crippen molar-refractivity contribution in [2.75, 3.05) is 26.7 Å². The zero-order valence-electron chi connectivity index (χ0n) is 13.7. The van der Waals surface area contributed by atoms with Gasteiger partial charge in [0.1, 0.15) is 0 Å². The highest BCUT2D eigenvalue weighted by atomic mass is 16.6. The Balaban J connectivity index is 1.82. The molecular formula is C17H25N3O3. The lowest BCUT2D eigenvalue weighted by molar-refractivity contribution is -0.385. The van der Waals surface area contributed by atoms with Crippen LogP contribution in [-0.4, -0.2) is 42.1 Å². The van der Waals surface area contributed by atoms with Crippen LogP contribution in [0.25, 0.3) is 0 Å². The van der Waals surface area contributed by atoms with Crippen molar-refractivity contribution in [2.45, 2.75) is 44.2 Å². The number of rotatable bonds is 4. The summed E-state index contributed by atoms with van der Waals surface area (Å²) in [6.07, 6.45) is 6.32. The molecule has 1 N–H and O–H groups in total. The molecule has 1 heterocycles. The molecule has 0 bridgehead atoms. The van der Waals surface area contributed by atoms with Crippen LogP contribution in [0.3, 0.4) is 0 Å². The molecule has 0 unspecified atom stereocenters. The highest BCUT2D eigenvalue weighted by Gasteiger charge is 2.39. The van der Waals surface area contributed by atoms with Crippen LogP contribution < -0.4 is 10.1 Å². The summed E-state index contributed by atoms with van der Waals surface area (Å²) < 4.78 is 5.10. The van der Waals surface area contributed by atoms with Gasteiger partial charge in [0.05, 0.1) is 12.0 Å². The minimum Gasteiger partial charge on any atom is -0.490 e. The summed E-state index contributed by atoms with van der Waals surface area (Å²) >= 11 is 0. The maximum Gasteiger partial charge on any atom is 0.311 e. The number of nitro groups is 1. The van der Waals surface area contributed by atoms with Crippen LogP contribution in [0.5, 0.6) is 5.75 Å². The maximum absolute atomic E-state index is 11.2. The molecule has 1 saturated carbocycles. The Bertz CT molecular complexity index is 562. The second-order valence-electron chi connectivity index (χ2n) is 6.65. The summed E-state index contributed by atoms with van der Waals surface area (Å²) in [7, 11) is 1.47. The van der Waals surface area contributed by atoms with Crippen molar-refractivity contribution in [3.8, 4) is 5.75 Å². The molecule has 6 heteroatoms. The molecule has 23 heavy (non-hydrogen) atoms. The second kappa shape index (κ2) is 6.84. The molecule has 0 amide bonds. The lowest BCUT2D eigenvalue weighted by Gasteiger charge is -2.50. The molecule has 3 rings (SSSR count). The second-order valence-corrected chi connectivity index (χ2v) is 6.65. The molecule has 1 aliphatic heterocycles. The Morgan fingerprint density at radius 3 is 2.83 bits per heavy atom. The molecule has 0 aromatic heterocycles. The van der Waals surface area contributed by atoms with Gasteiger partial charge in [0.25, 0.3) is 0 Å². The normalized spacial score (nSPS) is 21.3. The Hall–Kier alpha value is -1.66. The SMILES string of the molecule is COc1ccc(CN2CCNCC23CCCCC3)cc1[N+](=O)[O-]. The lowest BCUT2D eigenvalue weighted by atomic mass is 9.79. The number of ether oxygens (including phenoxy) is 1. The number of piperazine rings is 1. The minimum atomic E-state index is -0.365. The monoisotopic (exact) mass is 319 g/mol. The fourth-order valence-electron chi connectivity index (χ4n) is 4.03. The summed E-state index contributed by atoms with van der Waals surface area (Å²) in [5.74, 6) is 0.325. The smallest absolute Gasteiger partial charge is 0.311 e. The number of hydrogen-bond acceptors (Lipinski definition) is 5. The van der Waals surface area contributed by atoms with Crippen molar-refractivity contribution in [3.05, 3.63) is 33.9 Å². The third-order valence-corrected chi connectivity index (χ3v) is 5.28. The van der Waals surface area contributed by atoms with Crippen molar-refractivity contribution in [1.82, 2.24) is 10.2 Å². The van der Waals surface area contributed by atoms with Crippen molar-refractivity contribution in [1.29, 1.82) is 0 Å². The van der Waals surface area contributed by atoms with E-state index in [1.807, 2.05) is 6.07 Å². The van der Waals surface area contributed by atoms with Gasteiger partial charge < -0.3 is 10.1 Å². The number of nitro benzene ring substituents is 1. The van der Waals surface area contributed by atoms with Gasteiger partial charge in [-0.2, -0.15) is 0 Å². The average molecular weight is 319 g/mol. The summed E-state index contributed by atoms with van der Waals surface area (Å²) in [6.45, 7) is 3.79. The first-order valence-electron chi connectivity index (χ1n) is 8.42. The summed E-state index contributed by atoms with van der Waals surface area (Å²) in [5.41, 5.74) is 1.27. The Kier molecular flexibility index (Phi) is 4.82. The molecule has 0 radical (unpaired) electrons. The van der Waals surface area contributed by atoms with E-state index < -0.39 is 0 Å². The van der Waals surface area contributed by atoms with E-state index in [9.17, 15) is 10.1 Å². The van der Waals surface area contributed by atoms with Crippen LogP contribution in [-0.2, 0) is 6.54 Å². The van der Waals surface area contributed by atoms with E-state index in [4.69, 9.17) is 4.74 Å². The van der Waals surface area contributed by atoms with E-state index >= 15 is 0 Å². The molecule has 126 valence electrons. The molecule has 2 fully saturated rings. The van der Waals surface area contributed by atoms with Crippen LogP contribution in [0.2, 0.25) is 0 Å². The van der Waals surface area contributed by atoms with E-state index in [2.05, 4.69) is 10.2 Å². The molecule has 1 aromatic carbocycles. The summed E-state index contributed by atoms with van der Waals surface area (Å²) in [4.78, 5) is 13.4. The minimum absolute atomic E-state index is 0.0535. The fourth-order valence-corrected chi connectivity index (χ4v) is 4.03. The molecule has 1 spiro atoms. The van der Waals surface area contributed by atoms with Crippen molar-refractivity contribution in [3.63, 3.8) is 0 Å². The third-order valence-electron chi connectivity index (χ3n) is 5.28. The van der Waals surface area contributed by atoms with Crippen molar-refractivity contribution >= 4 is 5.69 Å². The topological polar surface area (TPSA) is 67.6 Å². The first-order chi connectivity index (χ1) is 11.1. The highest BCUT2D eigenvalue weighted by molar-refractivity contribution is 5.48. The van der Waals surface area contributed by atoms with Gasteiger partial charge in [0.2, 0.25) is 0 Å². The molecular weight excluding hydrogens is 294 g/mol. The molecule has 1 aliphatic carbocycles. The lowest BCUT2D eigenvalue weighted by Crippen LogP contribution is -2.61. The fraction of sp³-hybridized carbons (Fsp3) is 0.647. The first-order valence-corrected chi connectivity index (χ1v) is 8.42. The maximum atomic E-state index is 11.2. The van der Waals surface area contributed by atoms with Gasteiger partial charge in [0, 0.05) is 37.8 Å². The van der Waals surface area contributed by atoms with Gasteiger partial charge in [-0.15, -0.1) is 0 Å². The Labute approximate surface area is 137 Å². The largest absolute Gasteiger partial charge is 0.490 e.